The van der Waals surface area contributed by atoms with Gasteiger partial charge >= 0.3 is 0 Å². The second-order valence-electron chi connectivity index (χ2n) is 9.02. The minimum atomic E-state index is -0.456. The lowest BCUT2D eigenvalue weighted by atomic mass is 9.65. The van der Waals surface area contributed by atoms with Crippen molar-refractivity contribution in [3.8, 4) is 0 Å². The largest absolute Gasteiger partial charge is 0.358 e. The van der Waals surface area contributed by atoms with Crippen LogP contribution in [0.4, 0.5) is 11.4 Å². The number of Topliss-reactive ketones (excluding diaryl/α,β-unsaturated/α-hetero) is 1. The van der Waals surface area contributed by atoms with Crippen LogP contribution in [0.2, 0.25) is 0 Å². The number of non-ortho nitro benzene ring substituents is 1. The van der Waals surface area contributed by atoms with Gasteiger partial charge in [0.1, 0.15) is 0 Å². The summed E-state index contributed by atoms with van der Waals surface area (Å²) < 4.78 is 0. The molecule has 3 aromatic rings. The van der Waals surface area contributed by atoms with E-state index in [9.17, 15) is 14.9 Å². The van der Waals surface area contributed by atoms with Gasteiger partial charge in [-0.2, -0.15) is 0 Å². The van der Waals surface area contributed by atoms with E-state index in [1.54, 1.807) is 0 Å². The molecule has 0 aromatic heterocycles. The second kappa shape index (κ2) is 7.65. The molecule has 1 unspecified atom stereocenters. The van der Waals surface area contributed by atoms with Gasteiger partial charge in [0.2, 0.25) is 0 Å². The quantitative estimate of drug-likeness (QED) is 0.302. The van der Waals surface area contributed by atoms with E-state index in [0.717, 1.165) is 12.1 Å². The van der Waals surface area contributed by atoms with Crippen LogP contribution in [0, 0.1) is 10.1 Å². The van der Waals surface area contributed by atoms with Crippen molar-refractivity contribution in [2.24, 2.45) is 0 Å². The molecule has 4 rings (SSSR count). The van der Waals surface area contributed by atoms with Crippen molar-refractivity contribution < 1.29 is 9.72 Å². The Morgan fingerprint density at radius 1 is 0.935 bits per heavy atom. The highest BCUT2D eigenvalue weighted by Crippen LogP contribution is 2.50. The van der Waals surface area contributed by atoms with E-state index in [2.05, 4.69) is 68.1 Å². The maximum atomic E-state index is 13.1. The molecule has 31 heavy (non-hydrogen) atoms. The number of hydrogen-bond donors (Lipinski definition) is 0. The first-order chi connectivity index (χ1) is 14.7. The Morgan fingerprint density at radius 3 is 2.19 bits per heavy atom. The number of nitrogens with zero attached hydrogens (tertiary/aromatic N) is 2. The molecule has 0 saturated heterocycles. The first kappa shape index (κ1) is 20.8. The molecule has 1 atom stereocenters. The SMILES string of the molecule is CC1(c2ccccc2)CC(C)(C)N(CC(=O)c2ccc([N+](=O)[O-])cc2)c2ccccc21. The van der Waals surface area contributed by atoms with Gasteiger partial charge in [-0.3, -0.25) is 14.9 Å². The number of carbonyl (C=O) groups excluding carboxylic acids is 1. The molecule has 0 bridgehead atoms. The van der Waals surface area contributed by atoms with Gasteiger partial charge in [0, 0.05) is 34.3 Å². The summed E-state index contributed by atoms with van der Waals surface area (Å²) in [6, 6.07) is 24.7. The smallest absolute Gasteiger partial charge is 0.269 e. The summed E-state index contributed by atoms with van der Waals surface area (Å²) in [6.45, 7) is 6.84. The Hall–Kier alpha value is -3.47. The molecule has 0 amide bonds. The van der Waals surface area contributed by atoms with E-state index in [1.165, 1.54) is 35.4 Å². The van der Waals surface area contributed by atoms with Crippen molar-refractivity contribution in [2.75, 3.05) is 11.4 Å². The highest BCUT2D eigenvalue weighted by atomic mass is 16.6. The van der Waals surface area contributed by atoms with Crippen molar-refractivity contribution in [1.82, 2.24) is 0 Å². The van der Waals surface area contributed by atoms with E-state index in [1.807, 2.05) is 12.1 Å². The van der Waals surface area contributed by atoms with Crippen LogP contribution in [0.25, 0.3) is 0 Å². The van der Waals surface area contributed by atoms with Crippen LogP contribution in [0.15, 0.2) is 78.9 Å². The molecule has 1 heterocycles. The molecule has 1 aliphatic rings. The topological polar surface area (TPSA) is 63.5 Å². The number of benzene rings is 3. The molecule has 0 fully saturated rings. The zero-order valence-corrected chi connectivity index (χ0v) is 18.0. The van der Waals surface area contributed by atoms with Gasteiger partial charge in [-0.05, 0) is 49.6 Å². The third-order valence-electron chi connectivity index (χ3n) is 6.42. The molecule has 5 nitrogen and oxygen atoms in total. The van der Waals surface area contributed by atoms with Crippen LogP contribution >= 0.6 is 0 Å². The van der Waals surface area contributed by atoms with Crippen LogP contribution in [0.3, 0.4) is 0 Å². The van der Waals surface area contributed by atoms with Crippen LogP contribution in [-0.4, -0.2) is 22.8 Å². The number of anilines is 1. The van der Waals surface area contributed by atoms with Crippen molar-refractivity contribution in [3.05, 3.63) is 106 Å². The number of hydrogen-bond acceptors (Lipinski definition) is 4. The Labute approximate surface area is 182 Å². The Kier molecular flexibility index (Phi) is 5.13. The predicted molar refractivity (Wildman–Crippen MR) is 123 cm³/mol. The van der Waals surface area contributed by atoms with Gasteiger partial charge in [-0.15, -0.1) is 0 Å². The lowest BCUT2D eigenvalue weighted by Crippen LogP contribution is -2.55. The maximum absolute atomic E-state index is 13.1. The standard InChI is InChI=1S/C26H26N2O3/c1-25(2)18-26(3,20-9-5-4-6-10-20)22-11-7-8-12-23(22)27(25)17-24(29)19-13-15-21(16-14-19)28(30)31/h4-16H,17-18H2,1-3H3. The molecular formula is C26H26N2O3. The van der Waals surface area contributed by atoms with Crippen molar-refractivity contribution in [1.29, 1.82) is 0 Å². The van der Waals surface area contributed by atoms with Gasteiger partial charge < -0.3 is 4.90 Å². The Bertz CT molecular complexity index is 1120. The summed E-state index contributed by atoms with van der Waals surface area (Å²) in [4.78, 5) is 25.7. The summed E-state index contributed by atoms with van der Waals surface area (Å²) >= 11 is 0. The fraction of sp³-hybridized carbons (Fsp3) is 0.269. The minimum absolute atomic E-state index is 0.0150. The minimum Gasteiger partial charge on any atom is -0.358 e. The Morgan fingerprint density at radius 2 is 1.55 bits per heavy atom. The summed E-state index contributed by atoms with van der Waals surface area (Å²) in [5.74, 6) is -0.0545. The van der Waals surface area contributed by atoms with E-state index < -0.39 is 4.92 Å². The van der Waals surface area contributed by atoms with E-state index in [4.69, 9.17) is 0 Å². The van der Waals surface area contributed by atoms with Crippen molar-refractivity contribution in [2.45, 2.75) is 38.1 Å². The second-order valence-corrected chi connectivity index (χ2v) is 9.02. The van der Waals surface area contributed by atoms with Crippen LogP contribution in [-0.2, 0) is 5.41 Å². The summed E-state index contributed by atoms with van der Waals surface area (Å²) in [6.07, 6.45) is 0.856. The molecule has 0 saturated carbocycles. The fourth-order valence-electron chi connectivity index (χ4n) is 4.92. The number of carbonyl (C=O) groups is 1. The Balaban J connectivity index is 1.72. The maximum Gasteiger partial charge on any atom is 0.269 e. The number of nitro benzene ring substituents is 1. The first-order valence-corrected chi connectivity index (χ1v) is 10.4. The molecule has 158 valence electrons. The highest BCUT2D eigenvalue weighted by Gasteiger charge is 2.45. The van der Waals surface area contributed by atoms with Gasteiger partial charge in [-0.25, -0.2) is 0 Å². The van der Waals surface area contributed by atoms with Gasteiger partial charge in [0.25, 0.3) is 5.69 Å². The monoisotopic (exact) mass is 414 g/mol. The van der Waals surface area contributed by atoms with Gasteiger partial charge in [0.05, 0.1) is 11.5 Å². The number of fused-ring (bicyclic) bond motifs is 1. The zero-order chi connectivity index (χ0) is 22.2. The predicted octanol–water partition coefficient (Wildman–Crippen LogP) is 5.77. The third-order valence-corrected chi connectivity index (χ3v) is 6.42. The average molecular weight is 415 g/mol. The lowest BCUT2D eigenvalue weighted by Gasteiger charge is -2.52. The van der Waals surface area contributed by atoms with Crippen molar-refractivity contribution >= 4 is 17.2 Å². The third kappa shape index (κ3) is 3.72. The van der Waals surface area contributed by atoms with Gasteiger partial charge in [-0.1, -0.05) is 55.5 Å². The zero-order valence-electron chi connectivity index (χ0n) is 18.0. The average Bonchev–Trinajstić information content (AvgIpc) is 2.77. The lowest BCUT2D eigenvalue weighted by molar-refractivity contribution is -0.384. The number of nitro groups is 1. The number of para-hydroxylation sites is 1. The van der Waals surface area contributed by atoms with Crippen molar-refractivity contribution in [3.63, 3.8) is 0 Å². The fourth-order valence-corrected chi connectivity index (χ4v) is 4.92. The van der Waals surface area contributed by atoms with Gasteiger partial charge in [0.15, 0.2) is 5.78 Å². The van der Waals surface area contributed by atoms with E-state index >= 15 is 0 Å². The van der Waals surface area contributed by atoms with Crippen LogP contribution < -0.4 is 4.90 Å². The molecule has 5 heteroatoms. The molecule has 0 N–H and O–H groups in total. The number of ketones is 1. The first-order valence-electron chi connectivity index (χ1n) is 10.4. The summed E-state index contributed by atoms with van der Waals surface area (Å²) in [5, 5.41) is 10.9. The molecule has 1 aliphatic heterocycles. The molecule has 3 aromatic carbocycles. The van der Waals surface area contributed by atoms with Crippen LogP contribution in [0.1, 0.15) is 48.7 Å². The highest BCUT2D eigenvalue weighted by molar-refractivity contribution is 5.99. The molecule has 0 spiro atoms. The molecule has 0 aliphatic carbocycles. The molecule has 0 radical (unpaired) electrons. The molecular weight excluding hydrogens is 388 g/mol. The van der Waals surface area contributed by atoms with E-state index in [0.29, 0.717) is 5.56 Å². The normalized spacial score (nSPS) is 19.5. The van der Waals surface area contributed by atoms with Crippen LogP contribution in [0.5, 0.6) is 0 Å². The summed E-state index contributed by atoms with van der Waals surface area (Å²) in [5.41, 5.74) is 3.55. The van der Waals surface area contributed by atoms with E-state index in [-0.39, 0.29) is 29.0 Å². The number of rotatable bonds is 5. The summed E-state index contributed by atoms with van der Waals surface area (Å²) in [7, 11) is 0.